The summed E-state index contributed by atoms with van der Waals surface area (Å²) in [6.07, 6.45) is 2.15. The lowest BCUT2D eigenvalue weighted by Gasteiger charge is -2.21. The summed E-state index contributed by atoms with van der Waals surface area (Å²) < 4.78 is 5.14. The van der Waals surface area contributed by atoms with E-state index in [1.165, 1.54) is 12.5 Å². The van der Waals surface area contributed by atoms with E-state index in [0.29, 0.717) is 26.1 Å². The van der Waals surface area contributed by atoms with Crippen LogP contribution in [0.15, 0.2) is 54.6 Å². The number of carbonyl (C=O) groups excluding carboxylic acids is 2. The highest BCUT2D eigenvalue weighted by molar-refractivity contribution is 5.78. The predicted molar refractivity (Wildman–Crippen MR) is 106 cm³/mol. The molecule has 2 rings (SSSR count). The first kappa shape index (κ1) is 20.5. The van der Waals surface area contributed by atoms with Crippen LogP contribution < -0.4 is 10.1 Å². The lowest BCUT2D eigenvalue weighted by atomic mass is 10.1. The molecule has 0 heterocycles. The van der Waals surface area contributed by atoms with Gasteiger partial charge in [-0.25, -0.2) is 0 Å². The van der Waals surface area contributed by atoms with Gasteiger partial charge in [0.25, 0.3) is 0 Å². The van der Waals surface area contributed by atoms with Gasteiger partial charge in [-0.15, -0.1) is 0 Å². The first-order chi connectivity index (χ1) is 13.1. The molecule has 5 nitrogen and oxygen atoms in total. The molecule has 0 saturated heterocycles. The van der Waals surface area contributed by atoms with Crippen molar-refractivity contribution in [3.8, 4) is 5.75 Å². The second-order valence-electron chi connectivity index (χ2n) is 6.48. The predicted octanol–water partition coefficient (Wildman–Crippen LogP) is 3.18. The van der Waals surface area contributed by atoms with Crippen molar-refractivity contribution in [2.45, 2.75) is 32.7 Å². The van der Waals surface area contributed by atoms with Crippen LogP contribution in [-0.2, 0) is 22.6 Å². The Morgan fingerprint density at radius 1 is 1.00 bits per heavy atom. The maximum Gasteiger partial charge on any atom is 0.221 e. The normalized spacial score (nSPS) is 10.3. The van der Waals surface area contributed by atoms with E-state index in [1.807, 2.05) is 42.5 Å². The summed E-state index contributed by atoms with van der Waals surface area (Å²) in [5.74, 6) is 0.717. The minimum atomic E-state index is -0.0392. The average Bonchev–Trinajstić information content (AvgIpc) is 2.69. The van der Waals surface area contributed by atoms with Gasteiger partial charge in [-0.3, -0.25) is 9.59 Å². The van der Waals surface area contributed by atoms with Crippen LogP contribution in [-0.4, -0.2) is 36.9 Å². The second kappa shape index (κ2) is 11.0. The molecule has 0 atom stereocenters. The fraction of sp³-hybridized carbons (Fsp3) is 0.364. The van der Waals surface area contributed by atoms with Crippen LogP contribution in [0.1, 0.15) is 30.9 Å². The number of amides is 2. The molecule has 0 spiro atoms. The Hall–Kier alpha value is -2.82. The Balaban J connectivity index is 1.70. The zero-order valence-corrected chi connectivity index (χ0v) is 16.1. The maximum absolute atomic E-state index is 12.1. The third-order valence-electron chi connectivity index (χ3n) is 4.39. The van der Waals surface area contributed by atoms with Crippen molar-refractivity contribution in [1.29, 1.82) is 0 Å². The number of nitrogens with zero attached hydrogens (tertiary/aromatic N) is 1. The first-order valence-electron chi connectivity index (χ1n) is 9.27. The van der Waals surface area contributed by atoms with Crippen LogP contribution in [0, 0.1) is 0 Å². The van der Waals surface area contributed by atoms with Gasteiger partial charge < -0.3 is 15.0 Å². The first-order valence-corrected chi connectivity index (χ1v) is 9.27. The van der Waals surface area contributed by atoms with Crippen LogP contribution in [0.3, 0.4) is 0 Å². The van der Waals surface area contributed by atoms with Crippen molar-refractivity contribution in [2.24, 2.45) is 0 Å². The van der Waals surface area contributed by atoms with Crippen molar-refractivity contribution >= 4 is 11.8 Å². The van der Waals surface area contributed by atoms with Crippen LogP contribution in [0.25, 0.3) is 0 Å². The van der Waals surface area contributed by atoms with Gasteiger partial charge in [-0.2, -0.15) is 0 Å². The Morgan fingerprint density at radius 2 is 1.70 bits per heavy atom. The quantitative estimate of drug-likeness (QED) is 0.655. The molecule has 0 aliphatic carbocycles. The number of ether oxygens (including phenoxy) is 1. The number of rotatable bonds is 10. The van der Waals surface area contributed by atoms with Gasteiger partial charge in [-0.05, 0) is 36.1 Å². The number of aryl methyl sites for hydroxylation is 1. The van der Waals surface area contributed by atoms with E-state index in [4.69, 9.17) is 4.74 Å². The summed E-state index contributed by atoms with van der Waals surface area (Å²) in [6, 6.07) is 17.8. The summed E-state index contributed by atoms with van der Waals surface area (Å²) in [5.41, 5.74) is 2.28. The lowest BCUT2D eigenvalue weighted by molar-refractivity contribution is -0.130. The second-order valence-corrected chi connectivity index (χ2v) is 6.48. The van der Waals surface area contributed by atoms with Crippen molar-refractivity contribution in [1.82, 2.24) is 10.2 Å². The minimum Gasteiger partial charge on any atom is -0.497 e. The van der Waals surface area contributed by atoms with Gasteiger partial charge in [0.15, 0.2) is 0 Å². The molecule has 0 aliphatic rings. The molecule has 0 aromatic heterocycles. The summed E-state index contributed by atoms with van der Waals surface area (Å²) in [7, 11) is 1.62. The zero-order chi connectivity index (χ0) is 19.5. The fourth-order valence-corrected chi connectivity index (χ4v) is 2.79. The zero-order valence-electron chi connectivity index (χ0n) is 16.1. The Bertz CT molecular complexity index is 714. The van der Waals surface area contributed by atoms with Gasteiger partial charge in [-0.1, -0.05) is 42.5 Å². The number of hydrogen-bond donors (Lipinski definition) is 1. The molecule has 0 saturated carbocycles. The molecule has 27 heavy (non-hydrogen) atoms. The van der Waals surface area contributed by atoms with Crippen LogP contribution >= 0.6 is 0 Å². The minimum absolute atomic E-state index is 0.0240. The third-order valence-corrected chi connectivity index (χ3v) is 4.39. The molecule has 0 fully saturated rings. The average molecular weight is 368 g/mol. The molecule has 2 amide bonds. The van der Waals surface area contributed by atoms with E-state index in [2.05, 4.69) is 17.4 Å². The summed E-state index contributed by atoms with van der Waals surface area (Å²) in [6.45, 7) is 3.07. The SMILES string of the molecule is COc1ccc(CN(CCC(=O)NCCCc2ccccc2)C(C)=O)cc1. The Morgan fingerprint density at radius 3 is 2.33 bits per heavy atom. The molecule has 2 aromatic carbocycles. The molecule has 0 bridgehead atoms. The van der Waals surface area contributed by atoms with E-state index in [1.54, 1.807) is 12.0 Å². The van der Waals surface area contributed by atoms with Gasteiger partial charge in [0, 0.05) is 33.0 Å². The topological polar surface area (TPSA) is 58.6 Å². The largest absolute Gasteiger partial charge is 0.497 e. The Labute approximate surface area is 161 Å². The number of methoxy groups -OCH3 is 1. The highest BCUT2D eigenvalue weighted by Crippen LogP contribution is 2.13. The van der Waals surface area contributed by atoms with Crippen molar-refractivity contribution in [3.63, 3.8) is 0 Å². The summed E-state index contributed by atoms with van der Waals surface area (Å²) >= 11 is 0. The van der Waals surface area contributed by atoms with Crippen molar-refractivity contribution in [3.05, 3.63) is 65.7 Å². The standard InChI is InChI=1S/C22H28N2O3/c1-18(25)24(17-20-10-12-21(27-2)13-11-20)16-14-22(26)23-15-6-9-19-7-4-3-5-8-19/h3-5,7-8,10-13H,6,9,14-17H2,1-2H3,(H,23,26). The van der Waals surface area contributed by atoms with Crippen molar-refractivity contribution in [2.75, 3.05) is 20.2 Å². The van der Waals surface area contributed by atoms with E-state index >= 15 is 0 Å². The monoisotopic (exact) mass is 368 g/mol. The van der Waals surface area contributed by atoms with Crippen LogP contribution in [0.5, 0.6) is 5.75 Å². The van der Waals surface area contributed by atoms with Crippen LogP contribution in [0.4, 0.5) is 0 Å². The molecular formula is C22H28N2O3. The fourth-order valence-electron chi connectivity index (χ4n) is 2.79. The van der Waals surface area contributed by atoms with E-state index < -0.39 is 0 Å². The number of nitrogens with one attached hydrogen (secondary N) is 1. The summed E-state index contributed by atoms with van der Waals surface area (Å²) in [5, 5.41) is 2.93. The number of carbonyl (C=O) groups is 2. The maximum atomic E-state index is 12.1. The lowest BCUT2D eigenvalue weighted by Crippen LogP contribution is -2.33. The molecule has 0 aliphatic heterocycles. The number of benzene rings is 2. The molecule has 0 radical (unpaired) electrons. The van der Waals surface area contributed by atoms with Crippen molar-refractivity contribution < 1.29 is 14.3 Å². The molecular weight excluding hydrogens is 340 g/mol. The van der Waals surface area contributed by atoms with Crippen LogP contribution in [0.2, 0.25) is 0 Å². The van der Waals surface area contributed by atoms with Gasteiger partial charge in [0.1, 0.15) is 5.75 Å². The van der Waals surface area contributed by atoms with Gasteiger partial charge in [0.2, 0.25) is 11.8 Å². The van der Waals surface area contributed by atoms with E-state index in [-0.39, 0.29) is 11.8 Å². The molecule has 5 heteroatoms. The van der Waals surface area contributed by atoms with E-state index in [0.717, 1.165) is 24.2 Å². The summed E-state index contributed by atoms with van der Waals surface area (Å²) in [4.78, 5) is 25.6. The molecule has 2 aromatic rings. The number of hydrogen-bond acceptors (Lipinski definition) is 3. The van der Waals surface area contributed by atoms with E-state index in [9.17, 15) is 9.59 Å². The molecule has 144 valence electrons. The third kappa shape index (κ3) is 7.52. The smallest absolute Gasteiger partial charge is 0.221 e. The van der Waals surface area contributed by atoms with Gasteiger partial charge in [0.05, 0.1) is 7.11 Å². The molecule has 1 N–H and O–H groups in total. The Kier molecular flexibility index (Phi) is 8.36. The van der Waals surface area contributed by atoms with Gasteiger partial charge >= 0.3 is 0 Å². The highest BCUT2D eigenvalue weighted by atomic mass is 16.5. The molecule has 0 unspecified atom stereocenters. The highest BCUT2D eigenvalue weighted by Gasteiger charge is 2.12.